The van der Waals surface area contributed by atoms with Crippen molar-refractivity contribution in [1.29, 1.82) is 0 Å². The first-order valence-corrected chi connectivity index (χ1v) is 7.76. The van der Waals surface area contributed by atoms with E-state index in [1.807, 2.05) is 6.92 Å². The maximum atomic E-state index is 12.1. The van der Waals surface area contributed by atoms with E-state index >= 15 is 0 Å². The third-order valence-corrected chi connectivity index (χ3v) is 4.51. The van der Waals surface area contributed by atoms with Gasteiger partial charge in [0.2, 0.25) is 5.91 Å². The molecule has 1 heterocycles. The van der Waals surface area contributed by atoms with Gasteiger partial charge in [-0.2, -0.15) is 4.98 Å². The third kappa shape index (κ3) is 3.27. The Morgan fingerprint density at radius 3 is 2.67 bits per heavy atom. The molecule has 0 radical (unpaired) electrons. The molecule has 2 unspecified atom stereocenters. The van der Waals surface area contributed by atoms with Crippen molar-refractivity contribution in [2.24, 2.45) is 5.41 Å². The number of hydrogen-bond donors (Lipinski definition) is 2. The second-order valence-electron chi connectivity index (χ2n) is 6.36. The van der Waals surface area contributed by atoms with E-state index in [9.17, 15) is 14.7 Å². The zero-order valence-corrected chi connectivity index (χ0v) is 14.3. The summed E-state index contributed by atoms with van der Waals surface area (Å²) in [5.41, 5.74) is -2.09. The van der Waals surface area contributed by atoms with Crippen LogP contribution in [0, 0.1) is 12.3 Å². The first kappa shape index (κ1) is 18.3. The van der Waals surface area contributed by atoms with Crippen LogP contribution < -0.4 is 5.32 Å². The fourth-order valence-corrected chi connectivity index (χ4v) is 2.94. The fraction of sp³-hybridized carbons (Fsp3) is 0.733. The molecule has 134 valence electrons. The van der Waals surface area contributed by atoms with Gasteiger partial charge in [0.05, 0.1) is 6.10 Å². The number of aromatic nitrogens is 2. The largest absolute Gasteiger partial charge is 0.479 e. The van der Waals surface area contributed by atoms with Crippen molar-refractivity contribution in [2.45, 2.75) is 52.4 Å². The number of carbonyl (C=O) groups excluding carboxylic acids is 1. The van der Waals surface area contributed by atoms with Crippen LogP contribution in [0.5, 0.6) is 0 Å². The molecule has 9 heteroatoms. The van der Waals surface area contributed by atoms with Crippen LogP contribution in [0.15, 0.2) is 4.52 Å². The second kappa shape index (κ2) is 6.86. The van der Waals surface area contributed by atoms with E-state index < -0.39 is 22.8 Å². The van der Waals surface area contributed by atoms with Gasteiger partial charge in [0.15, 0.2) is 5.82 Å². The molecule has 0 bridgehead atoms. The molecule has 1 aliphatic carbocycles. The van der Waals surface area contributed by atoms with Crippen molar-refractivity contribution in [2.75, 3.05) is 13.2 Å². The standard InChI is InChI=1S/C15H23N3O6/c1-5-23-10-6-15(13(20)21,14(10,3)4)17-11(19)7-22-8-12-16-9(2)18-24-12/h10H,5-8H2,1-4H3,(H,17,19)(H,20,21). The monoisotopic (exact) mass is 341 g/mol. The molecule has 1 aromatic heterocycles. The highest BCUT2D eigenvalue weighted by atomic mass is 16.5. The summed E-state index contributed by atoms with van der Waals surface area (Å²) in [7, 11) is 0. The number of nitrogens with zero attached hydrogens (tertiary/aromatic N) is 2. The van der Waals surface area contributed by atoms with Crippen molar-refractivity contribution in [3.05, 3.63) is 11.7 Å². The van der Waals surface area contributed by atoms with Crippen molar-refractivity contribution >= 4 is 11.9 Å². The number of ether oxygens (including phenoxy) is 2. The van der Waals surface area contributed by atoms with E-state index in [-0.39, 0.29) is 31.6 Å². The van der Waals surface area contributed by atoms with Gasteiger partial charge < -0.3 is 24.4 Å². The van der Waals surface area contributed by atoms with Gasteiger partial charge in [0.25, 0.3) is 5.89 Å². The summed E-state index contributed by atoms with van der Waals surface area (Å²) in [6.07, 6.45) is -0.00112. The van der Waals surface area contributed by atoms with Crippen LogP contribution in [0.2, 0.25) is 0 Å². The highest BCUT2D eigenvalue weighted by Crippen LogP contribution is 2.51. The molecular formula is C15H23N3O6. The lowest BCUT2D eigenvalue weighted by molar-refractivity contribution is -0.195. The van der Waals surface area contributed by atoms with Gasteiger partial charge in [-0.15, -0.1) is 0 Å². The highest BCUT2D eigenvalue weighted by molar-refractivity contribution is 5.89. The highest BCUT2D eigenvalue weighted by Gasteiger charge is 2.66. The molecule has 24 heavy (non-hydrogen) atoms. The van der Waals surface area contributed by atoms with Crippen LogP contribution >= 0.6 is 0 Å². The van der Waals surface area contributed by atoms with Crippen LogP contribution in [0.25, 0.3) is 0 Å². The van der Waals surface area contributed by atoms with Crippen molar-refractivity contribution in [1.82, 2.24) is 15.5 Å². The molecule has 2 atom stereocenters. The predicted molar refractivity (Wildman–Crippen MR) is 81.0 cm³/mol. The SMILES string of the molecule is CCOC1CC(NC(=O)COCc2nc(C)no2)(C(=O)O)C1(C)C. The topological polar surface area (TPSA) is 124 Å². The predicted octanol–water partition coefficient (Wildman–Crippen LogP) is 0.669. The van der Waals surface area contributed by atoms with Gasteiger partial charge in [0.1, 0.15) is 18.8 Å². The quantitative estimate of drug-likeness (QED) is 0.707. The number of hydrogen-bond acceptors (Lipinski definition) is 7. The fourth-order valence-electron chi connectivity index (χ4n) is 2.94. The number of amides is 1. The number of rotatable bonds is 8. The Balaban J connectivity index is 1.91. The number of aryl methyl sites for hydroxylation is 1. The first-order chi connectivity index (χ1) is 11.2. The number of carboxylic acid groups (broad SMARTS) is 1. The smallest absolute Gasteiger partial charge is 0.330 e. The zero-order valence-electron chi connectivity index (χ0n) is 14.3. The van der Waals surface area contributed by atoms with Crippen LogP contribution in [-0.2, 0) is 25.7 Å². The molecular weight excluding hydrogens is 318 g/mol. The van der Waals surface area contributed by atoms with Gasteiger partial charge in [-0.25, -0.2) is 4.79 Å². The Kier molecular flexibility index (Phi) is 5.24. The maximum absolute atomic E-state index is 12.1. The maximum Gasteiger partial charge on any atom is 0.330 e. The first-order valence-electron chi connectivity index (χ1n) is 7.76. The van der Waals surface area contributed by atoms with Gasteiger partial charge >= 0.3 is 5.97 Å². The molecule has 0 aliphatic heterocycles. The van der Waals surface area contributed by atoms with Crippen molar-refractivity contribution in [3.8, 4) is 0 Å². The number of nitrogens with one attached hydrogen (secondary N) is 1. The van der Waals surface area contributed by atoms with Crippen LogP contribution in [-0.4, -0.2) is 52.0 Å². The van der Waals surface area contributed by atoms with E-state index in [1.54, 1.807) is 20.8 Å². The number of carboxylic acids is 1. The minimum atomic E-state index is -1.37. The van der Waals surface area contributed by atoms with E-state index in [4.69, 9.17) is 14.0 Å². The average molecular weight is 341 g/mol. The summed E-state index contributed by atoms with van der Waals surface area (Å²) in [4.78, 5) is 27.8. The Labute approximate surface area is 139 Å². The molecule has 1 amide bonds. The summed E-state index contributed by atoms with van der Waals surface area (Å²) in [6.45, 7) is 7.24. The molecule has 0 spiro atoms. The molecule has 0 saturated heterocycles. The van der Waals surface area contributed by atoms with Crippen molar-refractivity contribution < 1.29 is 28.7 Å². The molecule has 0 aromatic carbocycles. The molecule has 9 nitrogen and oxygen atoms in total. The third-order valence-electron chi connectivity index (χ3n) is 4.51. The van der Waals surface area contributed by atoms with E-state index in [2.05, 4.69) is 15.5 Å². The Hall–Kier alpha value is -2.00. The van der Waals surface area contributed by atoms with Gasteiger partial charge in [-0.05, 0) is 13.8 Å². The molecule has 1 aliphatic rings. The second-order valence-corrected chi connectivity index (χ2v) is 6.36. The summed E-state index contributed by atoms with van der Waals surface area (Å²) >= 11 is 0. The summed E-state index contributed by atoms with van der Waals surface area (Å²) in [5, 5.41) is 15.8. The molecule has 2 rings (SSSR count). The van der Waals surface area contributed by atoms with Crippen LogP contribution in [0.3, 0.4) is 0 Å². The molecule has 1 aromatic rings. The lowest BCUT2D eigenvalue weighted by atomic mass is 9.54. The summed E-state index contributed by atoms with van der Waals surface area (Å²) < 4.78 is 15.6. The van der Waals surface area contributed by atoms with E-state index in [0.29, 0.717) is 12.4 Å². The van der Waals surface area contributed by atoms with Crippen LogP contribution in [0.4, 0.5) is 0 Å². The van der Waals surface area contributed by atoms with Crippen LogP contribution in [0.1, 0.15) is 38.9 Å². The van der Waals surface area contributed by atoms with Crippen molar-refractivity contribution in [3.63, 3.8) is 0 Å². The summed E-state index contributed by atoms with van der Waals surface area (Å²) in [6, 6.07) is 0. The van der Waals surface area contributed by atoms with Gasteiger partial charge in [-0.1, -0.05) is 19.0 Å². The Morgan fingerprint density at radius 1 is 1.46 bits per heavy atom. The molecule has 1 fully saturated rings. The van der Waals surface area contributed by atoms with E-state index in [1.165, 1.54) is 0 Å². The zero-order chi connectivity index (χ0) is 18.0. The minimum absolute atomic E-state index is 0.0146. The molecule has 1 saturated carbocycles. The number of carbonyl (C=O) groups is 2. The van der Waals surface area contributed by atoms with E-state index in [0.717, 1.165) is 0 Å². The summed E-state index contributed by atoms with van der Waals surface area (Å²) in [5.74, 6) is -0.865. The average Bonchev–Trinajstić information content (AvgIpc) is 2.91. The lowest BCUT2D eigenvalue weighted by Crippen LogP contribution is -2.76. The Morgan fingerprint density at radius 2 is 2.17 bits per heavy atom. The number of aliphatic carboxylic acids is 1. The van der Waals surface area contributed by atoms with Gasteiger partial charge in [0, 0.05) is 18.4 Å². The lowest BCUT2D eigenvalue weighted by Gasteiger charge is -2.58. The molecule has 2 N–H and O–H groups in total. The van der Waals surface area contributed by atoms with Gasteiger partial charge in [-0.3, -0.25) is 4.79 Å². The normalized spacial score (nSPS) is 25.1. The Bertz CT molecular complexity index is 614. The minimum Gasteiger partial charge on any atom is -0.479 e.